The van der Waals surface area contributed by atoms with Crippen LogP contribution in [0, 0.1) is 0 Å². The number of carbonyl (C=O) groups is 2. The van der Waals surface area contributed by atoms with Gasteiger partial charge in [-0.3, -0.25) is 4.79 Å². The van der Waals surface area contributed by atoms with Gasteiger partial charge in [0.05, 0.1) is 6.54 Å². The SMILES string of the molecule is CCOC(CN(CCC(c1ccccc1)c1ccccc1)C(=O)C(Cc1ccccc1)NC(=O)OCC1c2ccccc2-c2ccccc21)OCC. The van der Waals surface area contributed by atoms with Crippen LogP contribution in [0.1, 0.15) is 59.9 Å². The van der Waals surface area contributed by atoms with Gasteiger partial charge >= 0.3 is 6.09 Å². The maximum Gasteiger partial charge on any atom is 0.407 e. The van der Waals surface area contributed by atoms with E-state index in [4.69, 9.17) is 14.2 Å². The van der Waals surface area contributed by atoms with Gasteiger partial charge in [-0.1, -0.05) is 140 Å². The third kappa shape index (κ3) is 9.15. The average Bonchev–Trinajstić information content (AvgIpc) is 3.51. The number of nitrogens with zero attached hydrogens (tertiary/aromatic N) is 1. The Hall–Kier alpha value is -5.24. The minimum absolute atomic E-state index is 0.0537. The van der Waals surface area contributed by atoms with E-state index < -0.39 is 18.4 Å². The summed E-state index contributed by atoms with van der Waals surface area (Å²) in [6.07, 6.45) is -0.283. The van der Waals surface area contributed by atoms with Crippen molar-refractivity contribution in [3.63, 3.8) is 0 Å². The van der Waals surface area contributed by atoms with Crippen LogP contribution in [0.15, 0.2) is 140 Å². The Morgan fingerprint density at radius 2 is 1.17 bits per heavy atom. The molecule has 6 rings (SSSR count). The average molecular weight is 697 g/mol. The van der Waals surface area contributed by atoms with Crippen LogP contribution in [-0.2, 0) is 25.4 Å². The summed E-state index contributed by atoms with van der Waals surface area (Å²) < 4.78 is 17.8. The van der Waals surface area contributed by atoms with Crippen LogP contribution < -0.4 is 5.32 Å². The van der Waals surface area contributed by atoms with E-state index in [2.05, 4.69) is 53.8 Å². The van der Waals surface area contributed by atoms with E-state index in [1.54, 1.807) is 4.90 Å². The van der Waals surface area contributed by atoms with Gasteiger partial charge in [-0.2, -0.15) is 0 Å². The summed E-state index contributed by atoms with van der Waals surface area (Å²) in [5.74, 6) is -0.261. The first kappa shape index (κ1) is 36.5. The summed E-state index contributed by atoms with van der Waals surface area (Å²) in [5, 5.41) is 2.97. The summed E-state index contributed by atoms with van der Waals surface area (Å²) in [5.41, 5.74) is 7.84. The highest BCUT2D eigenvalue weighted by molar-refractivity contribution is 5.86. The van der Waals surface area contributed by atoms with Crippen LogP contribution in [-0.4, -0.2) is 62.1 Å². The normalized spacial score (nSPS) is 12.7. The molecule has 5 aromatic rings. The Labute approximate surface area is 307 Å². The Kier molecular flexibility index (Phi) is 12.9. The third-order valence-electron chi connectivity index (χ3n) is 9.69. The number of carbonyl (C=O) groups excluding carboxylic acids is 2. The van der Waals surface area contributed by atoms with E-state index in [0.29, 0.717) is 32.6 Å². The van der Waals surface area contributed by atoms with Crippen molar-refractivity contribution in [1.82, 2.24) is 10.2 Å². The van der Waals surface area contributed by atoms with Crippen molar-refractivity contribution >= 4 is 12.0 Å². The fraction of sp³-hybridized carbons (Fsp3) is 0.289. The number of alkyl carbamates (subject to hydrolysis) is 1. The maximum atomic E-state index is 14.7. The molecule has 1 unspecified atom stereocenters. The first-order valence-electron chi connectivity index (χ1n) is 18.3. The Morgan fingerprint density at radius 1 is 0.673 bits per heavy atom. The van der Waals surface area contributed by atoms with Crippen molar-refractivity contribution in [3.8, 4) is 11.1 Å². The highest BCUT2D eigenvalue weighted by atomic mass is 16.7. The third-order valence-corrected chi connectivity index (χ3v) is 9.69. The largest absolute Gasteiger partial charge is 0.449 e. The first-order chi connectivity index (χ1) is 25.6. The molecule has 7 heteroatoms. The quantitative estimate of drug-likeness (QED) is 0.0986. The lowest BCUT2D eigenvalue weighted by molar-refractivity contribution is -0.160. The molecule has 0 heterocycles. The van der Waals surface area contributed by atoms with Crippen LogP contribution >= 0.6 is 0 Å². The molecular weight excluding hydrogens is 649 g/mol. The van der Waals surface area contributed by atoms with Crippen molar-refractivity contribution in [2.75, 3.05) is 32.9 Å². The number of nitrogens with one attached hydrogen (secondary N) is 1. The van der Waals surface area contributed by atoms with Crippen molar-refractivity contribution in [2.45, 2.75) is 50.9 Å². The van der Waals surface area contributed by atoms with Crippen LogP contribution in [0.5, 0.6) is 0 Å². The number of benzene rings is 5. The molecule has 0 aliphatic heterocycles. The number of ether oxygens (including phenoxy) is 3. The molecule has 5 aromatic carbocycles. The Morgan fingerprint density at radius 3 is 1.71 bits per heavy atom. The zero-order chi connectivity index (χ0) is 36.1. The van der Waals surface area contributed by atoms with Crippen LogP contribution in [0.2, 0.25) is 0 Å². The summed E-state index contributed by atoms with van der Waals surface area (Å²) in [4.78, 5) is 30.2. The number of hydrogen-bond acceptors (Lipinski definition) is 5. The predicted molar refractivity (Wildman–Crippen MR) is 205 cm³/mol. The lowest BCUT2D eigenvalue weighted by Crippen LogP contribution is -2.52. The van der Waals surface area contributed by atoms with Gasteiger partial charge in [0.2, 0.25) is 5.91 Å². The fourth-order valence-electron chi connectivity index (χ4n) is 7.23. The molecule has 7 nitrogen and oxygen atoms in total. The predicted octanol–water partition coefficient (Wildman–Crippen LogP) is 8.59. The smallest absolute Gasteiger partial charge is 0.407 e. The second-order valence-electron chi connectivity index (χ2n) is 13.0. The van der Waals surface area contributed by atoms with E-state index in [1.165, 1.54) is 11.1 Å². The second kappa shape index (κ2) is 18.3. The van der Waals surface area contributed by atoms with Crippen LogP contribution in [0.25, 0.3) is 11.1 Å². The second-order valence-corrected chi connectivity index (χ2v) is 13.0. The van der Waals surface area contributed by atoms with Crippen LogP contribution in [0.3, 0.4) is 0 Å². The zero-order valence-corrected chi connectivity index (χ0v) is 30.0. The van der Waals surface area contributed by atoms with E-state index in [-0.39, 0.29) is 30.9 Å². The standard InChI is InChI=1S/C45H48N2O5/c1-3-50-43(51-4-2)31-47(29-28-36(34-20-10-6-11-21-34)35-22-12-7-13-23-35)44(48)42(30-33-18-8-5-9-19-33)46-45(49)52-32-41-39-26-16-14-24-37(39)38-25-15-17-27-40(38)41/h5-27,36,41-43H,3-4,28-32H2,1-2H3,(H,46,49). The Bertz CT molecular complexity index is 1780. The van der Waals surface area contributed by atoms with Gasteiger partial charge in [0.15, 0.2) is 6.29 Å². The molecule has 1 aliphatic carbocycles. The van der Waals surface area contributed by atoms with Gasteiger partial charge in [0.1, 0.15) is 12.6 Å². The van der Waals surface area contributed by atoms with Gasteiger partial charge in [-0.05, 0) is 59.2 Å². The molecule has 0 radical (unpaired) electrons. The first-order valence-corrected chi connectivity index (χ1v) is 18.3. The number of hydrogen-bond donors (Lipinski definition) is 1. The van der Waals surface area contributed by atoms with E-state index in [0.717, 1.165) is 27.8 Å². The number of rotatable bonds is 17. The highest BCUT2D eigenvalue weighted by Crippen LogP contribution is 2.44. The molecule has 0 aromatic heterocycles. The molecule has 0 spiro atoms. The molecule has 2 amide bonds. The lowest BCUT2D eigenvalue weighted by Gasteiger charge is -2.32. The van der Waals surface area contributed by atoms with E-state index in [1.807, 2.05) is 105 Å². The number of amides is 2. The van der Waals surface area contributed by atoms with Crippen molar-refractivity contribution in [3.05, 3.63) is 167 Å². The van der Waals surface area contributed by atoms with Crippen LogP contribution in [0.4, 0.5) is 4.79 Å². The van der Waals surface area contributed by atoms with Crippen molar-refractivity contribution in [2.24, 2.45) is 0 Å². The summed E-state index contributed by atoms with van der Waals surface area (Å²) >= 11 is 0. The molecule has 0 saturated carbocycles. The van der Waals surface area contributed by atoms with Gasteiger partial charge < -0.3 is 24.4 Å². The van der Waals surface area contributed by atoms with Gasteiger partial charge in [0.25, 0.3) is 0 Å². The zero-order valence-electron chi connectivity index (χ0n) is 30.0. The van der Waals surface area contributed by atoms with Gasteiger partial charge in [-0.25, -0.2) is 4.79 Å². The monoisotopic (exact) mass is 696 g/mol. The summed E-state index contributed by atoms with van der Waals surface area (Å²) in [7, 11) is 0. The van der Waals surface area contributed by atoms with Gasteiger partial charge in [-0.15, -0.1) is 0 Å². The molecule has 1 N–H and O–H groups in total. The molecule has 0 saturated heterocycles. The Balaban J connectivity index is 1.24. The van der Waals surface area contributed by atoms with E-state index >= 15 is 0 Å². The molecule has 1 atom stereocenters. The summed E-state index contributed by atoms with van der Waals surface area (Å²) in [6.45, 7) is 5.49. The topological polar surface area (TPSA) is 77.1 Å². The van der Waals surface area contributed by atoms with E-state index in [9.17, 15) is 9.59 Å². The molecule has 268 valence electrons. The minimum atomic E-state index is -0.881. The van der Waals surface area contributed by atoms with Crippen molar-refractivity contribution in [1.29, 1.82) is 0 Å². The minimum Gasteiger partial charge on any atom is -0.449 e. The fourth-order valence-corrected chi connectivity index (χ4v) is 7.23. The molecule has 0 fully saturated rings. The lowest BCUT2D eigenvalue weighted by atomic mass is 9.88. The highest BCUT2D eigenvalue weighted by Gasteiger charge is 2.32. The molecule has 1 aliphatic rings. The molecule has 0 bridgehead atoms. The summed E-state index contributed by atoms with van der Waals surface area (Å²) in [6, 6.07) is 46.1. The molecule has 52 heavy (non-hydrogen) atoms. The number of fused-ring (bicyclic) bond motifs is 3. The maximum absolute atomic E-state index is 14.7. The van der Waals surface area contributed by atoms with Crippen molar-refractivity contribution < 1.29 is 23.8 Å². The van der Waals surface area contributed by atoms with Gasteiger partial charge in [0, 0.05) is 38.0 Å². The molecular formula is C45H48N2O5.